The molecule has 0 aliphatic carbocycles. The maximum Gasteiger partial charge on any atom is 0.164 e. The highest BCUT2D eigenvalue weighted by Crippen LogP contribution is 2.20. The molecule has 0 aromatic carbocycles. The van der Waals surface area contributed by atoms with E-state index in [1.807, 2.05) is 4.90 Å². The van der Waals surface area contributed by atoms with E-state index in [1.165, 1.54) is 6.26 Å². The van der Waals surface area contributed by atoms with Crippen LogP contribution in [0, 0.1) is 0 Å². The number of sulfone groups is 1. The van der Waals surface area contributed by atoms with Gasteiger partial charge in [-0.2, -0.15) is 11.8 Å². The van der Waals surface area contributed by atoms with Gasteiger partial charge in [0, 0.05) is 30.7 Å². The van der Waals surface area contributed by atoms with Crippen molar-refractivity contribution in [2.24, 2.45) is 10.9 Å². The van der Waals surface area contributed by atoms with Crippen molar-refractivity contribution in [3.63, 3.8) is 0 Å². The highest BCUT2D eigenvalue weighted by atomic mass is 32.2. The van der Waals surface area contributed by atoms with Crippen LogP contribution in [0.25, 0.3) is 0 Å². The summed E-state index contributed by atoms with van der Waals surface area (Å²) in [4.78, 5) is 2.03. The Morgan fingerprint density at radius 2 is 2.28 bits per heavy atom. The fourth-order valence-corrected chi connectivity index (χ4v) is 4.91. The van der Waals surface area contributed by atoms with Crippen LogP contribution in [0.5, 0.6) is 0 Å². The fraction of sp³-hybridized carbons (Fsp3) is 0.900. The molecule has 3 N–H and O–H groups in total. The number of nitrogens with zero attached hydrogens (tertiary/aromatic N) is 2. The van der Waals surface area contributed by atoms with E-state index in [-0.39, 0.29) is 11.2 Å². The van der Waals surface area contributed by atoms with Crippen LogP contribution < -0.4 is 5.73 Å². The lowest BCUT2D eigenvalue weighted by Crippen LogP contribution is -2.47. The standard InChI is InChI=1S/C10H21N3O3S2/c1-18(15,16)10-8-17-7-6-13(10)5-3-2-4-9(11)12-14/h10,14H,2-8H2,1H3,(H2,11,12). The number of oxime groups is 1. The minimum absolute atomic E-state index is 0.226. The predicted octanol–water partition coefficient (Wildman–Crippen LogP) is 0.323. The molecule has 1 aliphatic heterocycles. The molecule has 18 heavy (non-hydrogen) atoms. The summed E-state index contributed by atoms with van der Waals surface area (Å²) in [5, 5.41) is 10.9. The predicted molar refractivity (Wildman–Crippen MR) is 74.8 cm³/mol. The highest BCUT2D eigenvalue weighted by molar-refractivity contribution is 8.00. The Kier molecular flexibility index (Phi) is 6.24. The zero-order chi connectivity index (χ0) is 13.6. The molecule has 1 aliphatic rings. The Bertz CT molecular complexity index is 384. The van der Waals surface area contributed by atoms with E-state index in [4.69, 9.17) is 10.9 Å². The quantitative estimate of drug-likeness (QED) is 0.241. The molecular weight excluding hydrogens is 274 g/mol. The third-order valence-corrected chi connectivity index (χ3v) is 5.63. The van der Waals surface area contributed by atoms with Crippen molar-refractivity contribution in [2.75, 3.05) is 30.9 Å². The molecule has 0 aromatic heterocycles. The van der Waals surface area contributed by atoms with Crippen LogP contribution in [-0.2, 0) is 9.84 Å². The maximum absolute atomic E-state index is 11.7. The Morgan fingerprint density at radius 1 is 1.56 bits per heavy atom. The van der Waals surface area contributed by atoms with E-state index >= 15 is 0 Å². The topological polar surface area (TPSA) is 96.0 Å². The van der Waals surface area contributed by atoms with Gasteiger partial charge in [0.25, 0.3) is 0 Å². The van der Waals surface area contributed by atoms with Crippen molar-refractivity contribution >= 4 is 27.4 Å². The zero-order valence-corrected chi connectivity index (χ0v) is 12.2. The molecule has 0 amide bonds. The first-order chi connectivity index (χ1) is 8.45. The van der Waals surface area contributed by atoms with Crippen molar-refractivity contribution < 1.29 is 13.6 Å². The normalized spacial score (nSPS) is 23.2. The molecule has 8 heteroatoms. The summed E-state index contributed by atoms with van der Waals surface area (Å²) in [7, 11) is -3.02. The highest BCUT2D eigenvalue weighted by Gasteiger charge is 2.30. The van der Waals surface area contributed by atoms with E-state index in [2.05, 4.69) is 5.16 Å². The minimum Gasteiger partial charge on any atom is -0.409 e. The third kappa shape index (κ3) is 5.03. The summed E-state index contributed by atoms with van der Waals surface area (Å²) in [5.41, 5.74) is 5.38. The van der Waals surface area contributed by atoms with Gasteiger partial charge in [0.2, 0.25) is 0 Å². The van der Waals surface area contributed by atoms with Crippen molar-refractivity contribution in [3.8, 4) is 0 Å². The number of hydrogen-bond donors (Lipinski definition) is 2. The first-order valence-electron chi connectivity index (χ1n) is 5.92. The van der Waals surface area contributed by atoms with Gasteiger partial charge in [0.15, 0.2) is 9.84 Å². The Morgan fingerprint density at radius 3 is 2.89 bits per heavy atom. The van der Waals surface area contributed by atoms with Crippen LogP contribution in [0.3, 0.4) is 0 Å². The summed E-state index contributed by atoms with van der Waals surface area (Å²) in [5.74, 6) is 1.86. The van der Waals surface area contributed by atoms with Crippen LogP contribution in [0.15, 0.2) is 5.16 Å². The molecule has 0 aromatic rings. The molecule has 1 unspecified atom stereocenters. The lowest BCUT2D eigenvalue weighted by atomic mass is 10.2. The van der Waals surface area contributed by atoms with Crippen molar-refractivity contribution in [3.05, 3.63) is 0 Å². The Balaban J connectivity index is 2.39. The van der Waals surface area contributed by atoms with Crippen molar-refractivity contribution in [1.82, 2.24) is 4.90 Å². The lowest BCUT2D eigenvalue weighted by Gasteiger charge is -2.33. The molecule has 0 bridgehead atoms. The smallest absolute Gasteiger partial charge is 0.164 e. The lowest BCUT2D eigenvalue weighted by molar-refractivity contribution is 0.265. The number of nitrogens with two attached hydrogens (primary N) is 1. The molecule has 106 valence electrons. The molecule has 0 spiro atoms. The first kappa shape index (κ1) is 15.6. The monoisotopic (exact) mass is 295 g/mol. The summed E-state index contributed by atoms with van der Waals surface area (Å²) >= 11 is 1.69. The van der Waals surface area contributed by atoms with Gasteiger partial charge in [0.05, 0.1) is 0 Å². The minimum atomic E-state index is -3.02. The van der Waals surface area contributed by atoms with Gasteiger partial charge < -0.3 is 10.9 Å². The Hall–Kier alpha value is -0.470. The van der Waals surface area contributed by atoms with Crippen LogP contribution in [0.1, 0.15) is 19.3 Å². The average molecular weight is 295 g/mol. The molecular formula is C10H21N3O3S2. The van der Waals surface area contributed by atoms with Crippen molar-refractivity contribution in [1.29, 1.82) is 0 Å². The molecule has 0 radical (unpaired) electrons. The number of thioether (sulfide) groups is 1. The number of amidine groups is 1. The largest absolute Gasteiger partial charge is 0.409 e. The molecule has 1 heterocycles. The van der Waals surface area contributed by atoms with Gasteiger partial charge in [-0.05, 0) is 19.4 Å². The van der Waals surface area contributed by atoms with Gasteiger partial charge in [-0.3, -0.25) is 4.90 Å². The summed E-state index contributed by atoms with van der Waals surface area (Å²) < 4.78 is 23.3. The second-order valence-corrected chi connectivity index (χ2v) is 7.80. The zero-order valence-electron chi connectivity index (χ0n) is 10.6. The second kappa shape index (κ2) is 7.20. The molecule has 0 saturated carbocycles. The van der Waals surface area contributed by atoms with Crippen LogP contribution >= 0.6 is 11.8 Å². The van der Waals surface area contributed by atoms with Gasteiger partial charge in [0.1, 0.15) is 11.2 Å². The first-order valence-corrected chi connectivity index (χ1v) is 9.03. The summed E-state index contributed by atoms with van der Waals surface area (Å²) in [6.45, 7) is 1.56. The van der Waals surface area contributed by atoms with Gasteiger partial charge in [-0.25, -0.2) is 8.42 Å². The molecule has 1 atom stereocenters. The molecule has 1 saturated heterocycles. The molecule has 1 rings (SSSR count). The van der Waals surface area contributed by atoms with Gasteiger partial charge in [-0.1, -0.05) is 5.16 Å². The van der Waals surface area contributed by atoms with Crippen molar-refractivity contribution in [2.45, 2.75) is 24.6 Å². The number of rotatable bonds is 6. The number of unbranched alkanes of at least 4 members (excludes halogenated alkanes) is 1. The summed E-state index contributed by atoms with van der Waals surface area (Å²) in [6, 6.07) is 0. The second-order valence-electron chi connectivity index (χ2n) is 4.44. The van der Waals surface area contributed by atoms with Crippen LogP contribution in [0.2, 0.25) is 0 Å². The van der Waals surface area contributed by atoms with Crippen LogP contribution in [0.4, 0.5) is 0 Å². The Labute approximate surface area is 113 Å². The maximum atomic E-state index is 11.7. The van der Waals surface area contributed by atoms with E-state index in [9.17, 15) is 8.42 Å². The van der Waals surface area contributed by atoms with Crippen LogP contribution in [-0.4, -0.2) is 60.6 Å². The SMILES string of the molecule is CS(=O)(=O)C1CSCCN1CCCCC(N)=NO. The van der Waals surface area contributed by atoms with E-state index < -0.39 is 9.84 Å². The van der Waals surface area contributed by atoms with Gasteiger partial charge >= 0.3 is 0 Å². The van der Waals surface area contributed by atoms with E-state index in [0.717, 1.165) is 31.7 Å². The van der Waals surface area contributed by atoms with E-state index in [0.29, 0.717) is 12.2 Å². The molecule has 6 nitrogen and oxygen atoms in total. The fourth-order valence-electron chi connectivity index (χ4n) is 1.94. The average Bonchev–Trinajstić information content (AvgIpc) is 2.33. The van der Waals surface area contributed by atoms with Gasteiger partial charge in [-0.15, -0.1) is 0 Å². The molecule has 1 fully saturated rings. The van der Waals surface area contributed by atoms with E-state index in [1.54, 1.807) is 11.8 Å². The summed E-state index contributed by atoms with van der Waals surface area (Å²) in [6.07, 6.45) is 3.50. The third-order valence-electron chi connectivity index (χ3n) is 2.94. The number of hydrogen-bond acceptors (Lipinski definition) is 6.